The summed E-state index contributed by atoms with van der Waals surface area (Å²) in [4.78, 5) is 15.4. The van der Waals surface area contributed by atoms with Crippen molar-refractivity contribution < 1.29 is 13.2 Å². The van der Waals surface area contributed by atoms with E-state index in [1.54, 1.807) is 12.1 Å². The molecule has 0 spiro atoms. The predicted octanol–water partition coefficient (Wildman–Crippen LogP) is 4.37. The Morgan fingerprint density at radius 2 is 1.58 bits per heavy atom. The third-order valence-corrected chi connectivity index (χ3v) is 8.19. The molecule has 1 atom stereocenters. The van der Waals surface area contributed by atoms with E-state index in [0.29, 0.717) is 24.4 Å². The van der Waals surface area contributed by atoms with E-state index >= 15 is 0 Å². The SMILES string of the molecule is O=C(Nc1ccc(N2CCCCC2)cc1)[C@H]1CCCN(S(=O)(=O)c2ccc(Cl)cc2)C1. The van der Waals surface area contributed by atoms with Crippen LogP contribution in [0.2, 0.25) is 5.02 Å². The maximum absolute atomic E-state index is 13.0. The lowest BCUT2D eigenvalue weighted by Crippen LogP contribution is -2.43. The van der Waals surface area contributed by atoms with Crippen molar-refractivity contribution in [2.75, 3.05) is 36.4 Å². The number of halogens is 1. The van der Waals surface area contributed by atoms with E-state index < -0.39 is 10.0 Å². The first kappa shape index (κ1) is 22.1. The molecule has 166 valence electrons. The Labute approximate surface area is 189 Å². The van der Waals surface area contributed by atoms with Gasteiger partial charge < -0.3 is 10.2 Å². The van der Waals surface area contributed by atoms with Crippen LogP contribution in [0.1, 0.15) is 32.1 Å². The van der Waals surface area contributed by atoms with Crippen LogP contribution in [0.5, 0.6) is 0 Å². The molecule has 0 aliphatic carbocycles. The number of nitrogens with zero attached hydrogens (tertiary/aromatic N) is 2. The first-order valence-electron chi connectivity index (χ1n) is 10.8. The summed E-state index contributed by atoms with van der Waals surface area (Å²) in [6, 6.07) is 14.1. The molecule has 8 heteroatoms. The number of carbonyl (C=O) groups excluding carboxylic acids is 1. The first-order valence-corrected chi connectivity index (χ1v) is 12.7. The van der Waals surface area contributed by atoms with Crippen molar-refractivity contribution in [2.45, 2.75) is 37.0 Å². The van der Waals surface area contributed by atoms with Gasteiger partial charge in [0.15, 0.2) is 0 Å². The normalized spacial score (nSPS) is 20.4. The van der Waals surface area contributed by atoms with E-state index in [1.165, 1.54) is 41.4 Å². The summed E-state index contributed by atoms with van der Waals surface area (Å²) in [6.45, 7) is 2.75. The van der Waals surface area contributed by atoms with Gasteiger partial charge >= 0.3 is 0 Å². The average Bonchev–Trinajstić information content (AvgIpc) is 2.80. The summed E-state index contributed by atoms with van der Waals surface area (Å²) in [6.07, 6.45) is 5.05. The van der Waals surface area contributed by atoms with Gasteiger partial charge in [0.05, 0.1) is 10.8 Å². The Morgan fingerprint density at radius 3 is 2.26 bits per heavy atom. The molecule has 6 nitrogen and oxygen atoms in total. The predicted molar refractivity (Wildman–Crippen MR) is 124 cm³/mol. The second-order valence-electron chi connectivity index (χ2n) is 8.24. The Bertz CT molecular complexity index is 1000. The number of rotatable bonds is 5. The van der Waals surface area contributed by atoms with E-state index in [-0.39, 0.29) is 23.3 Å². The topological polar surface area (TPSA) is 69.7 Å². The van der Waals surface area contributed by atoms with Crippen molar-refractivity contribution in [3.05, 3.63) is 53.6 Å². The molecule has 4 rings (SSSR count). The van der Waals surface area contributed by atoms with Gasteiger partial charge in [-0.05, 0) is 80.6 Å². The highest BCUT2D eigenvalue weighted by molar-refractivity contribution is 7.89. The molecule has 2 fully saturated rings. The second-order valence-corrected chi connectivity index (χ2v) is 10.6. The van der Waals surface area contributed by atoms with Crippen molar-refractivity contribution in [1.82, 2.24) is 4.31 Å². The summed E-state index contributed by atoms with van der Waals surface area (Å²) in [5.41, 5.74) is 1.92. The Balaban J connectivity index is 1.39. The monoisotopic (exact) mass is 461 g/mol. The van der Waals surface area contributed by atoms with Crippen LogP contribution in [0, 0.1) is 5.92 Å². The number of piperidine rings is 2. The van der Waals surface area contributed by atoms with Crippen molar-refractivity contribution in [3.8, 4) is 0 Å². The fraction of sp³-hybridized carbons (Fsp3) is 0.435. The fourth-order valence-electron chi connectivity index (χ4n) is 4.28. The number of hydrogen-bond donors (Lipinski definition) is 1. The minimum absolute atomic E-state index is 0.137. The molecule has 1 amide bonds. The smallest absolute Gasteiger partial charge is 0.243 e. The number of anilines is 2. The van der Waals surface area contributed by atoms with Crippen LogP contribution in [0.3, 0.4) is 0 Å². The minimum Gasteiger partial charge on any atom is -0.372 e. The van der Waals surface area contributed by atoms with Gasteiger partial charge in [-0.1, -0.05) is 11.6 Å². The highest BCUT2D eigenvalue weighted by Gasteiger charge is 2.33. The van der Waals surface area contributed by atoms with Crippen LogP contribution in [0.15, 0.2) is 53.4 Å². The van der Waals surface area contributed by atoms with Crippen molar-refractivity contribution >= 4 is 38.9 Å². The third-order valence-electron chi connectivity index (χ3n) is 6.06. The van der Waals surface area contributed by atoms with Gasteiger partial charge in [-0.25, -0.2) is 8.42 Å². The number of nitrogens with one attached hydrogen (secondary N) is 1. The number of amides is 1. The van der Waals surface area contributed by atoms with Gasteiger partial charge in [-0.2, -0.15) is 4.31 Å². The lowest BCUT2D eigenvalue weighted by Gasteiger charge is -2.31. The Hall–Kier alpha value is -2.09. The van der Waals surface area contributed by atoms with E-state index in [1.807, 2.05) is 24.3 Å². The zero-order chi connectivity index (χ0) is 21.8. The van der Waals surface area contributed by atoms with Crippen LogP contribution < -0.4 is 10.2 Å². The molecule has 2 aliphatic heterocycles. The van der Waals surface area contributed by atoms with Gasteiger partial charge in [-0.15, -0.1) is 0 Å². The molecule has 0 saturated carbocycles. The van der Waals surface area contributed by atoms with Gasteiger partial charge in [0, 0.05) is 42.6 Å². The van der Waals surface area contributed by atoms with Crippen LogP contribution in [-0.4, -0.2) is 44.8 Å². The zero-order valence-electron chi connectivity index (χ0n) is 17.5. The number of benzene rings is 2. The number of sulfonamides is 1. The number of hydrogen-bond acceptors (Lipinski definition) is 4. The second kappa shape index (κ2) is 9.59. The molecule has 0 unspecified atom stereocenters. The van der Waals surface area contributed by atoms with Crippen molar-refractivity contribution in [1.29, 1.82) is 0 Å². The summed E-state index contributed by atoms with van der Waals surface area (Å²) < 4.78 is 27.3. The zero-order valence-corrected chi connectivity index (χ0v) is 19.0. The molecule has 2 aromatic carbocycles. The maximum Gasteiger partial charge on any atom is 0.243 e. The molecule has 0 bridgehead atoms. The van der Waals surface area contributed by atoms with E-state index in [0.717, 1.165) is 18.8 Å². The average molecular weight is 462 g/mol. The highest BCUT2D eigenvalue weighted by atomic mass is 35.5. The molecule has 1 N–H and O–H groups in total. The maximum atomic E-state index is 13.0. The van der Waals surface area contributed by atoms with Crippen LogP contribution in [0.4, 0.5) is 11.4 Å². The van der Waals surface area contributed by atoms with Gasteiger partial charge in [0.1, 0.15) is 0 Å². The van der Waals surface area contributed by atoms with Crippen LogP contribution >= 0.6 is 11.6 Å². The largest absolute Gasteiger partial charge is 0.372 e. The minimum atomic E-state index is -3.65. The molecule has 2 heterocycles. The van der Waals surface area contributed by atoms with E-state index in [2.05, 4.69) is 10.2 Å². The summed E-state index contributed by atoms with van der Waals surface area (Å²) in [7, 11) is -3.65. The molecule has 2 aromatic rings. The van der Waals surface area contributed by atoms with Crippen LogP contribution in [-0.2, 0) is 14.8 Å². The lowest BCUT2D eigenvalue weighted by molar-refractivity contribution is -0.120. The third kappa shape index (κ3) is 5.22. The summed E-state index contributed by atoms with van der Waals surface area (Å²) in [5.74, 6) is -0.515. The number of carbonyl (C=O) groups is 1. The van der Waals surface area contributed by atoms with E-state index in [9.17, 15) is 13.2 Å². The fourth-order valence-corrected chi connectivity index (χ4v) is 5.93. The molecule has 0 radical (unpaired) electrons. The summed E-state index contributed by atoms with van der Waals surface area (Å²) in [5, 5.41) is 3.45. The molecular formula is C23H28ClN3O3S. The quantitative estimate of drug-likeness (QED) is 0.717. The summed E-state index contributed by atoms with van der Waals surface area (Å²) >= 11 is 5.88. The van der Waals surface area contributed by atoms with Gasteiger partial charge in [-0.3, -0.25) is 4.79 Å². The molecular weight excluding hydrogens is 434 g/mol. The molecule has 0 aromatic heterocycles. The highest BCUT2D eigenvalue weighted by Crippen LogP contribution is 2.26. The Morgan fingerprint density at radius 1 is 0.903 bits per heavy atom. The lowest BCUT2D eigenvalue weighted by atomic mass is 9.98. The van der Waals surface area contributed by atoms with Crippen LogP contribution in [0.25, 0.3) is 0 Å². The van der Waals surface area contributed by atoms with Crippen molar-refractivity contribution in [3.63, 3.8) is 0 Å². The van der Waals surface area contributed by atoms with E-state index in [4.69, 9.17) is 11.6 Å². The Kier molecular flexibility index (Phi) is 6.84. The van der Waals surface area contributed by atoms with Crippen molar-refractivity contribution in [2.24, 2.45) is 5.92 Å². The van der Waals surface area contributed by atoms with Gasteiger partial charge in [0.2, 0.25) is 15.9 Å². The molecule has 31 heavy (non-hydrogen) atoms. The molecule has 2 aliphatic rings. The standard InChI is InChI=1S/C23H28ClN3O3S/c24-19-6-12-22(13-7-19)31(29,30)27-16-4-5-18(17-27)23(28)25-20-8-10-21(11-9-20)26-14-2-1-3-15-26/h6-13,18H,1-5,14-17H2,(H,25,28)/t18-/m0/s1. The molecule has 2 saturated heterocycles. The van der Waals surface area contributed by atoms with Gasteiger partial charge in [0.25, 0.3) is 0 Å². The first-order chi connectivity index (χ1) is 14.9.